The molecule has 1 N–H and O–H groups in total. The molecular weight excluding hydrogens is 595 g/mol. The SMILES string of the molecule is c1ccc(C2Nc3ccc4ccc5ccc(-c6cc(-c7ccc8c9c(cccc79)-c7ccccc7-8)c7ccccc7c6)cc5c4c3O2)cc1. The summed E-state index contributed by atoms with van der Waals surface area (Å²) in [6.45, 7) is 0. The Hall–Kier alpha value is -6.38. The van der Waals surface area contributed by atoms with Gasteiger partial charge in [-0.25, -0.2) is 0 Å². The molecular formula is C47H29NO. The third kappa shape index (κ3) is 3.89. The van der Waals surface area contributed by atoms with Crippen molar-refractivity contribution in [2.75, 3.05) is 5.32 Å². The van der Waals surface area contributed by atoms with Gasteiger partial charge in [0.2, 0.25) is 0 Å². The summed E-state index contributed by atoms with van der Waals surface area (Å²) < 4.78 is 6.67. The second kappa shape index (κ2) is 10.1. The standard InChI is InChI=1S/C47H29NO/c1-2-9-30(10-3-1)47-48-43-24-21-29-19-17-28-18-20-31(26-41(28)44(29)46(43)49-47)33-25-32-11-4-5-12-34(32)42(27-33)37-22-23-40-36-14-7-6-13-35(36)38-15-8-16-39(37)45(38)40/h1-27,47-48H. The minimum absolute atomic E-state index is 0.214. The molecule has 0 amide bonds. The normalized spacial score (nSPS) is 14.2. The van der Waals surface area contributed by atoms with Crippen molar-refractivity contribution in [2.24, 2.45) is 0 Å². The number of hydrogen-bond acceptors (Lipinski definition) is 2. The van der Waals surface area contributed by atoms with Crippen LogP contribution in [-0.4, -0.2) is 0 Å². The van der Waals surface area contributed by atoms with Gasteiger partial charge in [0.25, 0.3) is 0 Å². The number of hydrogen-bond donors (Lipinski definition) is 1. The largest absolute Gasteiger partial charge is 0.464 e. The van der Waals surface area contributed by atoms with Crippen molar-refractivity contribution in [2.45, 2.75) is 6.23 Å². The van der Waals surface area contributed by atoms with Crippen molar-refractivity contribution in [1.82, 2.24) is 0 Å². The predicted molar refractivity (Wildman–Crippen MR) is 205 cm³/mol. The third-order valence-electron chi connectivity index (χ3n) is 10.6. The molecule has 9 aromatic carbocycles. The van der Waals surface area contributed by atoms with Crippen LogP contribution in [0.2, 0.25) is 0 Å². The first kappa shape index (κ1) is 26.7. The Kier molecular flexibility index (Phi) is 5.47. The predicted octanol–water partition coefficient (Wildman–Crippen LogP) is 12.8. The lowest BCUT2D eigenvalue weighted by Gasteiger charge is -2.15. The highest BCUT2D eigenvalue weighted by atomic mass is 16.5. The molecule has 228 valence electrons. The van der Waals surface area contributed by atoms with Crippen LogP contribution < -0.4 is 10.1 Å². The summed E-state index contributed by atoms with van der Waals surface area (Å²) >= 11 is 0. The lowest BCUT2D eigenvalue weighted by molar-refractivity contribution is 0.263. The van der Waals surface area contributed by atoms with Crippen LogP contribution in [-0.2, 0) is 0 Å². The van der Waals surface area contributed by atoms with Crippen molar-refractivity contribution < 1.29 is 4.74 Å². The zero-order chi connectivity index (χ0) is 32.1. The van der Waals surface area contributed by atoms with Gasteiger partial charge in [0.15, 0.2) is 12.0 Å². The molecule has 0 radical (unpaired) electrons. The summed E-state index contributed by atoms with van der Waals surface area (Å²) in [6, 6.07) is 59.8. The summed E-state index contributed by atoms with van der Waals surface area (Å²) in [5.74, 6) is 0.919. The molecule has 1 aliphatic carbocycles. The quantitative estimate of drug-likeness (QED) is 0.198. The second-order valence-electron chi connectivity index (χ2n) is 13.3. The molecule has 0 spiro atoms. The van der Waals surface area contributed by atoms with E-state index < -0.39 is 0 Å². The van der Waals surface area contributed by atoms with E-state index in [1.165, 1.54) is 82.2 Å². The third-order valence-corrected chi connectivity index (χ3v) is 10.6. The molecule has 11 rings (SSSR count). The van der Waals surface area contributed by atoms with Crippen molar-refractivity contribution in [3.63, 3.8) is 0 Å². The van der Waals surface area contributed by atoms with Crippen LogP contribution in [0.1, 0.15) is 11.8 Å². The maximum absolute atomic E-state index is 6.67. The van der Waals surface area contributed by atoms with E-state index in [4.69, 9.17) is 4.74 Å². The summed E-state index contributed by atoms with van der Waals surface area (Å²) in [6.07, 6.45) is -0.214. The van der Waals surface area contributed by atoms with E-state index in [9.17, 15) is 0 Å². The Morgan fingerprint density at radius 2 is 1.08 bits per heavy atom. The van der Waals surface area contributed by atoms with Crippen molar-refractivity contribution in [3.05, 3.63) is 169 Å². The number of fused-ring (bicyclic) bond motifs is 9. The summed E-state index contributed by atoms with van der Waals surface area (Å²) in [5.41, 5.74) is 12.3. The monoisotopic (exact) mass is 623 g/mol. The van der Waals surface area contributed by atoms with Gasteiger partial charge in [-0.2, -0.15) is 0 Å². The van der Waals surface area contributed by atoms with Gasteiger partial charge < -0.3 is 10.1 Å². The zero-order valence-electron chi connectivity index (χ0n) is 26.6. The first-order valence-electron chi connectivity index (χ1n) is 17.0. The topological polar surface area (TPSA) is 21.3 Å². The van der Waals surface area contributed by atoms with Crippen molar-refractivity contribution >= 4 is 48.8 Å². The fourth-order valence-corrected chi connectivity index (χ4v) is 8.34. The van der Waals surface area contributed by atoms with Crippen LogP contribution in [0.5, 0.6) is 5.75 Å². The first-order chi connectivity index (χ1) is 24.3. The summed E-state index contributed by atoms with van der Waals surface area (Å²) in [7, 11) is 0. The van der Waals surface area contributed by atoms with Crippen LogP contribution in [0.3, 0.4) is 0 Å². The molecule has 0 aromatic heterocycles. The lowest BCUT2D eigenvalue weighted by Crippen LogP contribution is -2.09. The second-order valence-corrected chi connectivity index (χ2v) is 13.3. The fraction of sp³-hybridized carbons (Fsp3) is 0.0213. The van der Waals surface area contributed by atoms with Gasteiger partial charge in [0.05, 0.1) is 5.69 Å². The van der Waals surface area contributed by atoms with E-state index in [1.807, 2.05) is 6.07 Å². The van der Waals surface area contributed by atoms with Gasteiger partial charge >= 0.3 is 0 Å². The minimum Gasteiger partial charge on any atom is -0.464 e. The fourth-order valence-electron chi connectivity index (χ4n) is 8.34. The Morgan fingerprint density at radius 3 is 1.98 bits per heavy atom. The lowest BCUT2D eigenvalue weighted by atomic mass is 9.88. The Balaban J connectivity index is 1.11. The highest BCUT2D eigenvalue weighted by molar-refractivity contribution is 6.20. The first-order valence-corrected chi connectivity index (χ1v) is 17.0. The molecule has 1 unspecified atom stereocenters. The number of benzene rings is 9. The molecule has 1 atom stereocenters. The van der Waals surface area contributed by atoms with Crippen LogP contribution >= 0.6 is 0 Å². The van der Waals surface area contributed by atoms with Gasteiger partial charge in [-0.15, -0.1) is 0 Å². The Bertz CT molecular complexity index is 2800. The molecule has 2 nitrogen and oxygen atoms in total. The number of anilines is 1. The van der Waals surface area contributed by atoms with Gasteiger partial charge in [0, 0.05) is 10.9 Å². The highest BCUT2D eigenvalue weighted by Crippen LogP contribution is 2.50. The van der Waals surface area contributed by atoms with E-state index in [0.717, 1.165) is 22.4 Å². The summed E-state index contributed by atoms with van der Waals surface area (Å²) in [4.78, 5) is 0. The van der Waals surface area contributed by atoms with Crippen LogP contribution in [0.15, 0.2) is 164 Å². The molecule has 0 saturated carbocycles. The van der Waals surface area contributed by atoms with Gasteiger partial charge in [-0.3, -0.25) is 0 Å². The molecule has 0 bridgehead atoms. The van der Waals surface area contributed by atoms with E-state index in [2.05, 4.69) is 163 Å². The van der Waals surface area contributed by atoms with Crippen LogP contribution in [0.25, 0.3) is 87.6 Å². The molecule has 0 saturated heterocycles. The smallest absolute Gasteiger partial charge is 0.196 e. The van der Waals surface area contributed by atoms with Gasteiger partial charge in [-0.05, 0) is 106 Å². The maximum atomic E-state index is 6.67. The van der Waals surface area contributed by atoms with Gasteiger partial charge in [0.1, 0.15) is 0 Å². The highest BCUT2D eigenvalue weighted by Gasteiger charge is 2.27. The zero-order valence-corrected chi connectivity index (χ0v) is 26.6. The Labute approximate surface area is 283 Å². The molecule has 2 aliphatic rings. The number of nitrogens with one attached hydrogen (secondary N) is 1. The molecule has 49 heavy (non-hydrogen) atoms. The van der Waals surface area contributed by atoms with E-state index >= 15 is 0 Å². The van der Waals surface area contributed by atoms with Crippen LogP contribution in [0, 0.1) is 0 Å². The van der Waals surface area contributed by atoms with E-state index in [1.54, 1.807) is 0 Å². The summed E-state index contributed by atoms with van der Waals surface area (Å²) in [5, 5.41) is 13.5. The van der Waals surface area contributed by atoms with Crippen LogP contribution in [0.4, 0.5) is 5.69 Å². The molecule has 0 fully saturated rings. The number of ether oxygens (including phenoxy) is 1. The average Bonchev–Trinajstić information content (AvgIpc) is 3.75. The van der Waals surface area contributed by atoms with Crippen molar-refractivity contribution in [1.29, 1.82) is 0 Å². The minimum atomic E-state index is -0.214. The molecule has 1 aliphatic heterocycles. The van der Waals surface area contributed by atoms with Gasteiger partial charge in [-0.1, -0.05) is 140 Å². The molecule has 9 aromatic rings. The molecule has 2 heteroatoms. The van der Waals surface area contributed by atoms with E-state index in [-0.39, 0.29) is 6.23 Å². The maximum Gasteiger partial charge on any atom is 0.196 e. The van der Waals surface area contributed by atoms with E-state index in [0.29, 0.717) is 0 Å². The number of rotatable bonds is 3. The Morgan fingerprint density at radius 1 is 0.388 bits per heavy atom. The van der Waals surface area contributed by atoms with Crippen molar-refractivity contribution in [3.8, 4) is 50.3 Å². The average molecular weight is 624 g/mol. The molecule has 1 heterocycles.